The fraction of sp³-hybridized carbons (Fsp3) is 0.174. The number of alkyl halides is 3. The lowest BCUT2D eigenvalue weighted by molar-refractivity contribution is -0.147. The van der Waals surface area contributed by atoms with Gasteiger partial charge in [-0.3, -0.25) is 0 Å². The molecule has 0 amide bonds. The Morgan fingerprint density at radius 2 is 1.88 bits per heavy atom. The van der Waals surface area contributed by atoms with Crippen molar-refractivity contribution in [2.45, 2.75) is 25.1 Å². The quantitative estimate of drug-likeness (QED) is 0.415. The van der Waals surface area contributed by atoms with Crippen molar-refractivity contribution >= 4 is 17.3 Å². The minimum Gasteiger partial charge on any atom is -0.479 e. The number of aryl methyl sites for hydroxylation is 2. The van der Waals surface area contributed by atoms with Crippen LogP contribution in [0.15, 0.2) is 53.1 Å². The molecule has 1 unspecified atom stereocenters. The van der Waals surface area contributed by atoms with Gasteiger partial charge in [0, 0.05) is 5.56 Å². The highest BCUT2D eigenvalue weighted by atomic mass is 32.1. The summed E-state index contributed by atoms with van der Waals surface area (Å²) in [6.45, 7) is 0. The number of rotatable bonds is 4. The van der Waals surface area contributed by atoms with Gasteiger partial charge in [-0.1, -0.05) is 53.7 Å². The standard InChI is InChI=1S/C23H15F3N2O4S/c24-23(25,26)16-17(11-4-2-1-3-5-11)28-32-19(16)21-27-15-9-7-12-10-13(18(29)22(30)31)6-8-14(12)20(15)33-21/h1-6,8,10,18,29H,7,9H2,(H,30,31). The Bertz CT molecular complexity index is 1360. The van der Waals surface area contributed by atoms with E-state index in [4.69, 9.17) is 9.63 Å². The van der Waals surface area contributed by atoms with E-state index in [2.05, 4.69) is 10.1 Å². The average Bonchev–Trinajstić information content (AvgIpc) is 3.43. The van der Waals surface area contributed by atoms with Gasteiger partial charge in [-0.25, -0.2) is 9.78 Å². The molecule has 10 heteroatoms. The van der Waals surface area contributed by atoms with Gasteiger partial charge >= 0.3 is 12.1 Å². The van der Waals surface area contributed by atoms with Crippen molar-refractivity contribution in [1.82, 2.24) is 10.1 Å². The zero-order chi connectivity index (χ0) is 23.3. The average molecular weight is 472 g/mol. The molecular weight excluding hydrogens is 457 g/mol. The highest BCUT2D eigenvalue weighted by Crippen LogP contribution is 2.47. The molecule has 1 aliphatic carbocycles. The molecule has 6 nitrogen and oxygen atoms in total. The number of fused-ring (bicyclic) bond motifs is 3. The molecule has 1 atom stereocenters. The third-order valence-corrected chi connectivity index (χ3v) is 6.60. The van der Waals surface area contributed by atoms with Gasteiger partial charge in [-0.05, 0) is 29.5 Å². The molecule has 2 aromatic heterocycles. The fourth-order valence-corrected chi connectivity index (χ4v) is 5.08. The monoisotopic (exact) mass is 472 g/mol. The van der Waals surface area contributed by atoms with Crippen LogP contribution in [-0.2, 0) is 23.8 Å². The first kappa shape index (κ1) is 21.4. The van der Waals surface area contributed by atoms with Gasteiger partial charge in [0.2, 0.25) is 5.76 Å². The predicted molar refractivity (Wildman–Crippen MR) is 113 cm³/mol. The van der Waals surface area contributed by atoms with E-state index in [1.54, 1.807) is 30.3 Å². The second kappa shape index (κ2) is 7.82. The number of aromatic nitrogens is 2. The Balaban J connectivity index is 1.60. The van der Waals surface area contributed by atoms with Crippen molar-refractivity contribution in [3.8, 4) is 32.5 Å². The fourth-order valence-electron chi connectivity index (χ4n) is 3.93. The Hall–Kier alpha value is -3.50. The molecule has 0 saturated carbocycles. The number of aliphatic hydroxyl groups is 1. The van der Waals surface area contributed by atoms with E-state index in [9.17, 15) is 23.1 Å². The molecule has 33 heavy (non-hydrogen) atoms. The van der Waals surface area contributed by atoms with Crippen LogP contribution in [0.25, 0.3) is 32.5 Å². The van der Waals surface area contributed by atoms with Crippen molar-refractivity contribution in [1.29, 1.82) is 0 Å². The zero-order valence-electron chi connectivity index (χ0n) is 16.8. The lowest BCUT2D eigenvalue weighted by atomic mass is 9.91. The number of nitrogens with zero attached hydrogens (tertiary/aromatic N) is 2. The van der Waals surface area contributed by atoms with E-state index in [1.165, 1.54) is 18.2 Å². The number of hydrogen-bond acceptors (Lipinski definition) is 6. The van der Waals surface area contributed by atoms with E-state index in [1.807, 2.05) is 0 Å². The van der Waals surface area contributed by atoms with Crippen LogP contribution in [0.4, 0.5) is 13.2 Å². The zero-order valence-corrected chi connectivity index (χ0v) is 17.6. The number of carboxylic acids is 1. The molecule has 2 heterocycles. The van der Waals surface area contributed by atoms with Crippen LogP contribution >= 0.6 is 11.3 Å². The number of aliphatic hydroxyl groups excluding tert-OH is 1. The summed E-state index contributed by atoms with van der Waals surface area (Å²) < 4.78 is 47.3. The van der Waals surface area contributed by atoms with Crippen LogP contribution in [0, 0.1) is 0 Å². The summed E-state index contributed by atoms with van der Waals surface area (Å²) in [4.78, 5) is 16.2. The number of carboxylic acid groups (broad SMARTS) is 1. The van der Waals surface area contributed by atoms with E-state index in [0.717, 1.165) is 22.5 Å². The minimum absolute atomic E-state index is 0.0736. The van der Waals surface area contributed by atoms with Crippen LogP contribution in [0.3, 0.4) is 0 Å². The second-order valence-electron chi connectivity index (χ2n) is 7.55. The molecule has 4 aromatic rings. The van der Waals surface area contributed by atoms with Gasteiger partial charge in [0.1, 0.15) is 11.3 Å². The van der Waals surface area contributed by atoms with Crippen LogP contribution in [0.2, 0.25) is 0 Å². The van der Waals surface area contributed by atoms with Crippen molar-refractivity contribution in [3.63, 3.8) is 0 Å². The lowest BCUT2D eigenvalue weighted by Crippen LogP contribution is -2.12. The Morgan fingerprint density at radius 3 is 2.58 bits per heavy atom. The third kappa shape index (κ3) is 3.70. The highest BCUT2D eigenvalue weighted by molar-refractivity contribution is 7.18. The first-order valence-corrected chi connectivity index (χ1v) is 10.7. The number of aliphatic carboxylic acids is 1. The second-order valence-corrected chi connectivity index (χ2v) is 8.55. The Morgan fingerprint density at radius 1 is 1.12 bits per heavy atom. The normalized spacial score (nSPS) is 13.9. The van der Waals surface area contributed by atoms with Crippen molar-refractivity contribution in [2.75, 3.05) is 0 Å². The molecule has 1 aliphatic rings. The maximum Gasteiger partial charge on any atom is 0.422 e. The summed E-state index contributed by atoms with van der Waals surface area (Å²) in [6.07, 6.45) is -5.36. The van der Waals surface area contributed by atoms with Crippen molar-refractivity contribution < 1.29 is 32.7 Å². The first-order valence-electron chi connectivity index (χ1n) is 9.90. The van der Waals surface area contributed by atoms with Gasteiger partial charge in [-0.2, -0.15) is 13.2 Å². The molecule has 0 spiro atoms. The Kier molecular flexibility index (Phi) is 5.06. The minimum atomic E-state index is -4.70. The van der Waals surface area contributed by atoms with Gasteiger partial charge in [0.25, 0.3) is 0 Å². The molecule has 0 radical (unpaired) electrons. The van der Waals surface area contributed by atoms with E-state index >= 15 is 0 Å². The molecule has 2 aromatic carbocycles. The van der Waals surface area contributed by atoms with Crippen LogP contribution in [0.5, 0.6) is 0 Å². The molecule has 5 rings (SSSR count). The van der Waals surface area contributed by atoms with Crippen LogP contribution < -0.4 is 0 Å². The summed E-state index contributed by atoms with van der Waals surface area (Å²) in [6, 6.07) is 12.8. The van der Waals surface area contributed by atoms with Crippen molar-refractivity contribution in [3.05, 3.63) is 70.9 Å². The van der Waals surface area contributed by atoms with Gasteiger partial charge < -0.3 is 14.7 Å². The number of benzene rings is 2. The molecule has 0 bridgehead atoms. The van der Waals surface area contributed by atoms with Crippen molar-refractivity contribution in [2.24, 2.45) is 0 Å². The van der Waals surface area contributed by atoms with Crippen LogP contribution in [0.1, 0.15) is 28.5 Å². The topological polar surface area (TPSA) is 96.5 Å². The smallest absolute Gasteiger partial charge is 0.422 e. The van der Waals surface area contributed by atoms with E-state index in [0.29, 0.717) is 23.4 Å². The molecule has 0 aliphatic heterocycles. The summed E-state index contributed by atoms with van der Waals surface area (Å²) in [5, 5.41) is 22.6. The van der Waals surface area contributed by atoms with E-state index < -0.39 is 29.6 Å². The number of thiazole rings is 1. The maximum absolute atomic E-state index is 14.0. The summed E-state index contributed by atoms with van der Waals surface area (Å²) in [5.74, 6) is -1.79. The maximum atomic E-state index is 14.0. The van der Waals surface area contributed by atoms with E-state index in [-0.39, 0.29) is 21.8 Å². The molecule has 0 saturated heterocycles. The lowest BCUT2D eigenvalue weighted by Gasteiger charge is -2.17. The molecule has 2 N–H and O–H groups in total. The third-order valence-electron chi connectivity index (χ3n) is 5.47. The number of hydrogen-bond donors (Lipinski definition) is 2. The summed E-state index contributed by atoms with van der Waals surface area (Å²) in [5.41, 5.74) is 1.46. The summed E-state index contributed by atoms with van der Waals surface area (Å²) in [7, 11) is 0. The molecule has 168 valence electrons. The number of halogens is 3. The molecule has 0 fully saturated rings. The molecular formula is C23H15F3N2O4S. The summed E-state index contributed by atoms with van der Waals surface area (Å²) >= 11 is 1.07. The largest absolute Gasteiger partial charge is 0.479 e. The Labute approximate surface area is 188 Å². The van der Waals surface area contributed by atoms with Crippen LogP contribution in [-0.4, -0.2) is 26.3 Å². The van der Waals surface area contributed by atoms with Gasteiger partial charge in [-0.15, -0.1) is 11.3 Å². The SMILES string of the molecule is O=C(O)C(O)c1ccc2c(c1)CCc1nc(-c3onc(-c4ccccc4)c3C(F)(F)F)sc1-2. The van der Waals surface area contributed by atoms with Gasteiger partial charge in [0.05, 0.1) is 10.6 Å². The number of carbonyl (C=O) groups is 1. The highest BCUT2D eigenvalue weighted by Gasteiger charge is 2.42. The first-order chi connectivity index (χ1) is 15.7. The predicted octanol–water partition coefficient (Wildman–Crippen LogP) is 5.37. The van der Waals surface area contributed by atoms with Gasteiger partial charge in [0.15, 0.2) is 11.1 Å².